The van der Waals surface area contributed by atoms with Gasteiger partial charge in [-0.15, -0.1) is 0 Å². The van der Waals surface area contributed by atoms with E-state index in [1.54, 1.807) is 18.2 Å². The second kappa shape index (κ2) is 10.5. The molecule has 0 heterocycles. The Hall–Kier alpha value is -2.71. The molecule has 0 aromatic heterocycles. The van der Waals surface area contributed by atoms with Gasteiger partial charge in [0.1, 0.15) is 11.6 Å². The van der Waals surface area contributed by atoms with Crippen molar-refractivity contribution in [2.45, 2.75) is 52.4 Å². The van der Waals surface area contributed by atoms with Crippen LogP contribution in [0, 0.1) is 11.6 Å². The molecule has 0 spiro atoms. The monoisotopic (exact) mass is 462 g/mol. The molecule has 4 aromatic carbocycles. The lowest BCUT2D eigenvalue weighted by atomic mass is 9.85. The van der Waals surface area contributed by atoms with Gasteiger partial charge in [-0.2, -0.15) is 0 Å². The Bertz CT molecular complexity index is 1280. The molecular weight excluding hydrogens is 434 g/mol. The van der Waals surface area contributed by atoms with Crippen molar-refractivity contribution in [2.75, 3.05) is 0 Å². The Morgan fingerprint density at radius 2 is 1.42 bits per heavy atom. The predicted octanol–water partition coefficient (Wildman–Crippen LogP) is 9.79. The predicted molar refractivity (Wildman–Crippen MR) is 137 cm³/mol. The van der Waals surface area contributed by atoms with Gasteiger partial charge in [-0.05, 0) is 82.5 Å². The van der Waals surface area contributed by atoms with Gasteiger partial charge in [-0.3, -0.25) is 0 Å². The molecule has 0 nitrogen and oxygen atoms in total. The molecule has 0 aliphatic rings. The zero-order valence-corrected chi connectivity index (χ0v) is 20.0. The Balaban J connectivity index is 1.89. The first-order valence-corrected chi connectivity index (χ1v) is 12.2. The fourth-order valence-electron chi connectivity index (χ4n) is 4.59. The van der Waals surface area contributed by atoms with Crippen LogP contribution < -0.4 is 0 Å². The number of fused-ring (bicyclic) bond motifs is 1. The smallest absolute Gasteiger partial charge is 0.142 e. The van der Waals surface area contributed by atoms with Crippen molar-refractivity contribution in [1.82, 2.24) is 0 Å². The molecule has 0 amide bonds. The first-order chi connectivity index (χ1) is 16.0. The van der Waals surface area contributed by atoms with Crippen LogP contribution in [-0.2, 0) is 12.8 Å². The maximum absolute atomic E-state index is 15.4. The lowest BCUT2D eigenvalue weighted by molar-refractivity contribution is 0.625. The molecule has 0 saturated heterocycles. The van der Waals surface area contributed by atoms with E-state index in [4.69, 9.17) is 11.6 Å². The highest BCUT2D eigenvalue weighted by atomic mass is 35.5. The van der Waals surface area contributed by atoms with Gasteiger partial charge in [-0.1, -0.05) is 86.8 Å². The Kier molecular flexibility index (Phi) is 7.45. The summed E-state index contributed by atoms with van der Waals surface area (Å²) in [5.41, 5.74) is 5.46. The molecule has 0 bridgehead atoms. The minimum atomic E-state index is -0.545. The standard InChI is InChI=1S/C30H29ClF2/c1-3-5-9-22-17-20-10-7-8-12-24(20)26(11-6-4-2)30(22)23-13-15-25(28(32)19-23)21-14-16-27(31)29(33)18-21/h7-8,10,12-19H,3-6,9,11H2,1-2H3. The number of aryl methyl sites for hydroxylation is 2. The zero-order chi connectivity index (χ0) is 23.4. The van der Waals surface area contributed by atoms with Crippen molar-refractivity contribution in [1.29, 1.82) is 0 Å². The summed E-state index contributed by atoms with van der Waals surface area (Å²) in [7, 11) is 0. The molecule has 0 fully saturated rings. The van der Waals surface area contributed by atoms with E-state index >= 15 is 4.39 Å². The van der Waals surface area contributed by atoms with Crippen molar-refractivity contribution < 1.29 is 8.78 Å². The summed E-state index contributed by atoms with van der Waals surface area (Å²) < 4.78 is 29.4. The van der Waals surface area contributed by atoms with Crippen LogP contribution >= 0.6 is 11.6 Å². The quantitative estimate of drug-likeness (QED) is 0.244. The largest absolute Gasteiger partial charge is 0.206 e. The van der Waals surface area contributed by atoms with E-state index in [9.17, 15) is 4.39 Å². The molecule has 170 valence electrons. The molecule has 0 unspecified atom stereocenters. The summed E-state index contributed by atoms with van der Waals surface area (Å²) in [5, 5.41) is 2.52. The van der Waals surface area contributed by atoms with Crippen LogP contribution in [0.25, 0.3) is 33.0 Å². The maximum Gasteiger partial charge on any atom is 0.142 e. The summed E-state index contributed by atoms with van der Waals surface area (Å²) in [6.45, 7) is 4.39. The van der Waals surface area contributed by atoms with Crippen LogP contribution in [0.2, 0.25) is 5.02 Å². The highest BCUT2D eigenvalue weighted by Crippen LogP contribution is 2.38. The van der Waals surface area contributed by atoms with Gasteiger partial charge in [0.05, 0.1) is 5.02 Å². The van der Waals surface area contributed by atoms with E-state index in [-0.39, 0.29) is 10.8 Å². The molecule has 33 heavy (non-hydrogen) atoms. The van der Waals surface area contributed by atoms with Gasteiger partial charge < -0.3 is 0 Å². The summed E-state index contributed by atoms with van der Waals surface area (Å²) in [4.78, 5) is 0. The van der Waals surface area contributed by atoms with Gasteiger partial charge >= 0.3 is 0 Å². The van der Waals surface area contributed by atoms with Crippen molar-refractivity contribution >= 4 is 22.4 Å². The minimum Gasteiger partial charge on any atom is -0.206 e. The van der Waals surface area contributed by atoms with Gasteiger partial charge in [0.25, 0.3) is 0 Å². The number of benzene rings is 4. The number of unbranched alkanes of at least 4 members (excludes halogenated alkanes) is 2. The second-order valence-electron chi connectivity index (χ2n) is 8.64. The highest BCUT2D eigenvalue weighted by molar-refractivity contribution is 6.30. The fourth-order valence-corrected chi connectivity index (χ4v) is 4.71. The average molecular weight is 463 g/mol. The first kappa shape index (κ1) is 23.4. The molecule has 4 aromatic rings. The molecule has 0 radical (unpaired) electrons. The summed E-state index contributed by atoms with van der Waals surface area (Å²) in [6.07, 6.45) is 6.29. The number of halogens is 3. The maximum atomic E-state index is 15.4. The lowest BCUT2D eigenvalue weighted by Crippen LogP contribution is -2.00. The molecule has 4 rings (SSSR count). The van der Waals surface area contributed by atoms with E-state index < -0.39 is 5.82 Å². The molecule has 3 heteroatoms. The first-order valence-electron chi connectivity index (χ1n) is 11.8. The Morgan fingerprint density at radius 1 is 0.727 bits per heavy atom. The van der Waals surface area contributed by atoms with E-state index in [2.05, 4.69) is 44.2 Å². The molecule has 0 saturated carbocycles. The van der Waals surface area contributed by atoms with Crippen LogP contribution in [0.1, 0.15) is 50.7 Å². The molecular formula is C30H29ClF2. The van der Waals surface area contributed by atoms with Crippen LogP contribution in [0.5, 0.6) is 0 Å². The topological polar surface area (TPSA) is 0 Å². The lowest BCUT2D eigenvalue weighted by Gasteiger charge is -2.19. The fraction of sp³-hybridized carbons (Fsp3) is 0.267. The van der Waals surface area contributed by atoms with Gasteiger partial charge in [-0.25, -0.2) is 8.78 Å². The Labute approximate surface area is 200 Å². The third-order valence-corrected chi connectivity index (χ3v) is 6.61. The molecule has 0 aliphatic heterocycles. The van der Waals surface area contributed by atoms with E-state index in [0.29, 0.717) is 11.1 Å². The van der Waals surface area contributed by atoms with E-state index in [1.165, 1.54) is 34.0 Å². The normalized spacial score (nSPS) is 11.3. The van der Waals surface area contributed by atoms with Crippen LogP contribution in [0.3, 0.4) is 0 Å². The summed E-state index contributed by atoms with van der Waals surface area (Å²) in [6, 6.07) is 20.5. The van der Waals surface area contributed by atoms with Crippen LogP contribution in [0.4, 0.5) is 8.78 Å². The van der Waals surface area contributed by atoms with Gasteiger partial charge in [0.15, 0.2) is 0 Å². The molecule has 0 aliphatic carbocycles. The average Bonchev–Trinajstić information content (AvgIpc) is 2.82. The SMILES string of the molecule is CCCCc1cc2ccccc2c(CCCC)c1-c1ccc(-c2ccc(Cl)c(F)c2)c(F)c1. The van der Waals surface area contributed by atoms with Crippen molar-refractivity contribution in [3.05, 3.63) is 94.5 Å². The van der Waals surface area contributed by atoms with Gasteiger partial charge in [0, 0.05) is 5.56 Å². The summed E-state index contributed by atoms with van der Waals surface area (Å²) in [5.74, 6) is -0.902. The van der Waals surface area contributed by atoms with Crippen molar-refractivity contribution in [3.8, 4) is 22.3 Å². The number of hydrogen-bond donors (Lipinski definition) is 0. The zero-order valence-electron chi connectivity index (χ0n) is 19.2. The van der Waals surface area contributed by atoms with Crippen LogP contribution in [0.15, 0.2) is 66.7 Å². The van der Waals surface area contributed by atoms with Crippen molar-refractivity contribution in [2.24, 2.45) is 0 Å². The van der Waals surface area contributed by atoms with Crippen molar-refractivity contribution in [3.63, 3.8) is 0 Å². The number of rotatable bonds is 8. The second-order valence-corrected chi connectivity index (χ2v) is 9.05. The van der Waals surface area contributed by atoms with E-state index in [0.717, 1.165) is 49.7 Å². The molecule has 0 atom stereocenters. The summed E-state index contributed by atoms with van der Waals surface area (Å²) >= 11 is 5.81. The highest BCUT2D eigenvalue weighted by Gasteiger charge is 2.17. The van der Waals surface area contributed by atoms with E-state index in [1.807, 2.05) is 6.07 Å². The minimum absolute atomic E-state index is 0.0353. The Morgan fingerprint density at radius 3 is 2.15 bits per heavy atom. The number of hydrogen-bond acceptors (Lipinski definition) is 0. The van der Waals surface area contributed by atoms with Gasteiger partial charge in [0.2, 0.25) is 0 Å². The molecule has 0 N–H and O–H groups in total. The third kappa shape index (κ3) is 4.96. The third-order valence-electron chi connectivity index (χ3n) is 6.31. The van der Waals surface area contributed by atoms with Crippen LogP contribution in [-0.4, -0.2) is 0 Å².